The number of methoxy groups -OCH3 is 4. The first-order valence-corrected chi connectivity index (χ1v) is 20.4. The van der Waals surface area contributed by atoms with Crippen LogP contribution >= 0.6 is 24.0 Å². The van der Waals surface area contributed by atoms with E-state index in [1.54, 1.807) is 74.9 Å². The van der Waals surface area contributed by atoms with Gasteiger partial charge in [-0.25, -0.2) is 38.3 Å². The third kappa shape index (κ3) is 13.8. The molecule has 2 aliphatic heterocycles. The third-order valence-corrected chi connectivity index (χ3v) is 10.6. The van der Waals surface area contributed by atoms with E-state index in [4.69, 9.17) is 35.8 Å². The van der Waals surface area contributed by atoms with Crippen molar-refractivity contribution in [2.45, 2.75) is 40.5 Å². The van der Waals surface area contributed by atoms with Crippen LogP contribution in [0.25, 0.3) is 44.6 Å². The summed E-state index contributed by atoms with van der Waals surface area (Å²) in [5.74, 6) is 0.402. The second kappa shape index (κ2) is 25.8. The fourth-order valence-electron chi connectivity index (χ4n) is 7.31. The van der Waals surface area contributed by atoms with Gasteiger partial charge in [-0.1, -0.05) is 26.5 Å². The summed E-state index contributed by atoms with van der Waals surface area (Å²) < 4.78 is 46.4. The molecule has 8 rings (SSSR count). The molecule has 2 saturated heterocycles. The average molecular weight is 924 g/mol. The van der Waals surface area contributed by atoms with Gasteiger partial charge in [0.25, 0.3) is 0 Å². The maximum Gasteiger partial charge on any atom is 0.337 e. The minimum absolute atomic E-state index is 0. The van der Waals surface area contributed by atoms with Gasteiger partial charge in [-0.3, -0.25) is 0 Å². The number of nitrogens with zero attached hydrogens (tertiary/aromatic N) is 5. The topological polar surface area (TPSA) is 138 Å². The maximum absolute atomic E-state index is 13.5. The number of anilines is 1. The Morgan fingerprint density at radius 3 is 1.69 bits per heavy atom. The Balaban J connectivity index is 0.000000281. The molecular weight excluding hydrogens is 865 g/mol. The molecule has 4 heterocycles. The van der Waals surface area contributed by atoms with Gasteiger partial charge in [0, 0.05) is 45.0 Å². The molecule has 2 aliphatic rings. The van der Waals surface area contributed by atoms with Gasteiger partial charge in [0.1, 0.15) is 23.0 Å². The van der Waals surface area contributed by atoms with Crippen molar-refractivity contribution in [3.05, 3.63) is 113 Å². The molecule has 0 aliphatic carbocycles. The number of carbonyl (C=O) groups is 2. The Labute approximate surface area is 385 Å². The van der Waals surface area contributed by atoms with E-state index < -0.39 is 11.9 Å². The molecule has 0 bridgehead atoms. The predicted octanol–water partition coefficient (Wildman–Crippen LogP) is 10.3. The molecule has 2 unspecified atom stereocenters. The number of hydrogen-bond acceptors (Lipinski definition) is 12. The zero-order chi connectivity index (χ0) is 43.3. The maximum atomic E-state index is 13.5. The molecule has 2 aromatic heterocycles. The van der Waals surface area contributed by atoms with Gasteiger partial charge in [0.2, 0.25) is 0 Å². The van der Waals surface area contributed by atoms with Gasteiger partial charge in [-0.15, -0.1) is 12.4 Å². The molecule has 16 heteroatoms. The lowest BCUT2D eigenvalue weighted by atomic mass is 9.98. The number of carbonyl (C=O) groups excluding carboxylic acids is 2. The van der Waals surface area contributed by atoms with Crippen LogP contribution in [0.4, 0.5) is 14.6 Å². The van der Waals surface area contributed by atoms with Crippen LogP contribution in [-0.2, 0) is 18.9 Å². The summed E-state index contributed by atoms with van der Waals surface area (Å²) in [7, 11) is 6.15. The quantitative estimate of drug-likeness (QED) is 0.138. The molecule has 6 aromatic rings. The van der Waals surface area contributed by atoms with Crippen LogP contribution in [0, 0.1) is 23.5 Å². The summed E-state index contributed by atoms with van der Waals surface area (Å²) in [6.07, 6.45) is 4.78. The Hall–Kier alpha value is -5.38. The Morgan fingerprint density at radius 1 is 0.672 bits per heavy atom. The van der Waals surface area contributed by atoms with E-state index in [0.717, 1.165) is 56.4 Å². The molecule has 0 radical (unpaired) electrons. The minimum Gasteiger partial charge on any atom is -0.465 e. The van der Waals surface area contributed by atoms with Crippen molar-refractivity contribution in [2.24, 2.45) is 11.8 Å². The number of esters is 2. The molecule has 344 valence electrons. The van der Waals surface area contributed by atoms with Crippen LogP contribution in [0.1, 0.15) is 61.3 Å². The highest BCUT2D eigenvalue weighted by Crippen LogP contribution is 2.33. The van der Waals surface area contributed by atoms with E-state index in [1.165, 1.54) is 57.9 Å². The van der Waals surface area contributed by atoms with Gasteiger partial charge < -0.3 is 29.2 Å². The highest BCUT2D eigenvalue weighted by molar-refractivity contribution is 6.32. The first-order valence-electron chi connectivity index (χ1n) is 20.0. The second-order valence-corrected chi connectivity index (χ2v) is 15.1. The number of rotatable bonds is 9. The Morgan fingerprint density at radius 2 is 1.17 bits per heavy atom. The second-order valence-electron chi connectivity index (χ2n) is 14.7. The molecule has 12 nitrogen and oxygen atoms in total. The van der Waals surface area contributed by atoms with Crippen molar-refractivity contribution in [3.8, 4) is 22.5 Å². The van der Waals surface area contributed by atoms with Crippen molar-refractivity contribution in [1.29, 1.82) is 0 Å². The SMILES string of the molecule is C.C.COC(=O)c1ccc2nc(-c3ccc(F)cc3)c(Cl)nc2c1.COCC1CCCN(c2nc3cc(C(=O)OC)ccc3nc2-c2ccc(F)cc2)C1.COCC1CCCNC1.Cl. The summed E-state index contributed by atoms with van der Waals surface area (Å²) in [6.45, 7) is 5.61. The van der Waals surface area contributed by atoms with Crippen LogP contribution < -0.4 is 10.2 Å². The minimum atomic E-state index is -0.456. The molecule has 2 atom stereocenters. The van der Waals surface area contributed by atoms with Crippen molar-refractivity contribution < 1.29 is 37.3 Å². The van der Waals surface area contributed by atoms with Crippen LogP contribution in [0.5, 0.6) is 0 Å². The lowest BCUT2D eigenvalue weighted by Gasteiger charge is -2.34. The van der Waals surface area contributed by atoms with Crippen LogP contribution in [0.15, 0.2) is 84.9 Å². The molecule has 0 spiro atoms. The zero-order valence-corrected chi connectivity index (χ0v) is 36.6. The van der Waals surface area contributed by atoms with Gasteiger partial charge >= 0.3 is 11.9 Å². The first-order chi connectivity index (χ1) is 29.6. The van der Waals surface area contributed by atoms with Crippen molar-refractivity contribution in [2.75, 3.05) is 72.7 Å². The van der Waals surface area contributed by atoms with E-state index in [0.29, 0.717) is 62.7 Å². The summed E-state index contributed by atoms with van der Waals surface area (Å²) in [5, 5.41) is 3.52. The lowest BCUT2D eigenvalue weighted by Crippen LogP contribution is -2.38. The monoisotopic (exact) mass is 922 g/mol. The summed E-state index contributed by atoms with van der Waals surface area (Å²) in [6, 6.07) is 22.1. The van der Waals surface area contributed by atoms with Crippen LogP contribution in [0.3, 0.4) is 0 Å². The van der Waals surface area contributed by atoms with Crippen LogP contribution in [0.2, 0.25) is 5.15 Å². The molecule has 64 heavy (non-hydrogen) atoms. The predicted molar refractivity (Wildman–Crippen MR) is 253 cm³/mol. The Bertz CT molecular complexity index is 2420. The van der Waals surface area contributed by atoms with Crippen molar-refractivity contribution in [1.82, 2.24) is 25.3 Å². The van der Waals surface area contributed by atoms with Crippen molar-refractivity contribution >= 4 is 63.8 Å². The van der Waals surface area contributed by atoms with Gasteiger partial charge in [0.15, 0.2) is 11.0 Å². The van der Waals surface area contributed by atoms with E-state index in [1.807, 2.05) is 0 Å². The lowest BCUT2D eigenvalue weighted by molar-refractivity contribution is 0.0592. The normalized spacial score (nSPS) is 15.5. The fraction of sp³-hybridized carbons (Fsp3) is 0.375. The van der Waals surface area contributed by atoms with Crippen LogP contribution in [-0.4, -0.2) is 99.7 Å². The number of aromatic nitrogens is 4. The first kappa shape index (κ1) is 53.0. The van der Waals surface area contributed by atoms with E-state index in [-0.39, 0.29) is 44.0 Å². The molecule has 0 saturated carbocycles. The number of halogens is 4. The number of benzene rings is 4. The smallest absolute Gasteiger partial charge is 0.337 e. The molecule has 1 N–H and O–H groups in total. The van der Waals surface area contributed by atoms with Gasteiger partial charge in [-0.2, -0.15) is 0 Å². The zero-order valence-electron chi connectivity index (χ0n) is 35.0. The summed E-state index contributed by atoms with van der Waals surface area (Å²) in [4.78, 5) is 44.1. The third-order valence-electron chi connectivity index (χ3n) is 10.4. The van der Waals surface area contributed by atoms with E-state index >= 15 is 0 Å². The van der Waals surface area contributed by atoms with E-state index in [9.17, 15) is 18.4 Å². The highest BCUT2D eigenvalue weighted by atomic mass is 35.5. The summed E-state index contributed by atoms with van der Waals surface area (Å²) in [5.41, 5.74) is 5.76. The molecular formula is C48H58Cl2F2N6O6. The number of hydrogen-bond donors (Lipinski definition) is 1. The standard InChI is InChI=1S/C23H24FN3O3.C16H10ClFN2O2.C7H15NO.2CH4.ClH/c1-29-14-15-4-3-11-27(13-15)22-21(16-5-8-18(24)9-6-16)25-19-10-7-17(23(28)30-2)12-20(19)26-22;1-22-16(21)10-4-7-12-13(8-10)20-15(17)14(19-12)9-2-5-11(18)6-3-9;1-9-6-7-3-2-4-8-5-7;;;/h5-10,12,15H,3-4,11,13-14H2,1-2H3;2-8H,1H3;7-8H,2-6H2,1H3;2*1H4;1H. The average Bonchev–Trinajstić information content (AvgIpc) is 3.29. The van der Waals surface area contributed by atoms with E-state index in [2.05, 4.69) is 24.9 Å². The number of ether oxygens (including phenoxy) is 4. The van der Waals surface area contributed by atoms with Gasteiger partial charge in [-0.05, 0) is 129 Å². The highest BCUT2D eigenvalue weighted by Gasteiger charge is 2.25. The van der Waals surface area contributed by atoms with Gasteiger partial charge in [0.05, 0.1) is 60.6 Å². The molecule has 2 fully saturated rings. The Kier molecular flexibility index (Phi) is 21.3. The fourth-order valence-corrected chi connectivity index (χ4v) is 7.55. The van der Waals surface area contributed by atoms with Crippen molar-refractivity contribution in [3.63, 3.8) is 0 Å². The number of piperidine rings is 2. The molecule has 4 aromatic carbocycles. The summed E-state index contributed by atoms with van der Waals surface area (Å²) >= 11 is 6.16. The number of fused-ring (bicyclic) bond motifs is 2. The molecule has 0 amide bonds. The number of nitrogens with one attached hydrogen (secondary N) is 1. The largest absolute Gasteiger partial charge is 0.465 e.